The van der Waals surface area contributed by atoms with Gasteiger partial charge >= 0.3 is 0 Å². The highest BCUT2D eigenvalue weighted by atomic mass is 79.9. The molecule has 3 aromatic carbocycles. The molecule has 0 unspecified atom stereocenters. The van der Waals surface area contributed by atoms with Crippen molar-refractivity contribution >= 4 is 50.0 Å². The van der Waals surface area contributed by atoms with E-state index in [1.807, 2.05) is 48.5 Å². The molecule has 0 aliphatic heterocycles. The first-order valence-corrected chi connectivity index (χ1v) is 8.99. The molecule has 0 aliphatic carbocycles. The van der Waals surface area contributed by atoms with Crippen molar-refractivity contribution in [2.45, 2.75) is 0 Å². The molecule has 0 atom stereocenters. The van der Waals surface area contributed by atoms with Crippen molar-refractivity contribution in [3.8, 4) is 16.8 Å². The first-order chi connectivity index (χ1) is 11.6. The normalized spacial score (nSPS) is 11.1. The van der Waals surface area contributed by atoms with E-state index in [1.54, 1.807) is 0 Å². The summed E-state index contributed by atoms with van der Waals surface area (Å²) in [4.78, 5) is 0. The molecule has 0 spiro atoms. The van der Waals surface area contributed by atoms with Gasteiger partial charge in [0.25, 0.3) is 0 Å². The summed E-state index contributed by atoms with van der Waals surface area (Å²) in [5.74, 6) is 0. The molecule has 1 aromatic heterocycles. The second-order valence-corrected chi connectivity index (χ2v) is 7.29. The van der Waals surface area contributed by atoms with E-state index >= 15 is 0 Å². The minimum Gasteiger partial charge on any atom is -0.315 e. The lowest BCUT2D eigenvalue weighted by molar-refractivity contribution is 1.12. The Morgan fingerprint density at radius 2 is 1.29 bits per heavy atom. The van der Waals surface area contributed by atoms with E-state index in [0.29, 0.717) is 0 Å². The average Bonchev–Trinajstić information content (AvgIpc) is 2.93. The fourth-order valence-electron chi connectivity index (χ4n) is 2.82. The molecule has 0 aliphatic rings. The zero-order valence-corrected chi connectivity index (χ0v) is 15.6. The Hall–Kier alpha value is -1.74. The van der Waals surface area contributed by atoms with Crippen LogP contribution in [-0.2, 0) is 0 Å². The van der Waals surface area contributed by atoms with E-state index < -0.39 is 0 Å². The summed E-state index contributed by atoms with van der Waals surface area (Å²) in [6.07, 6.45) is 2.08. The largest absolute Gasteiger partial charge is 0.315 e. The summed E-state index contributed by atoms with van der Waals surface area (Å²) < 4.78 is 3.23. The number of benzene rings is 3. The third-order valence-electron chi connectivity index (χ3n) is 4.04. The van der Waals surface area contributed by atoms with Crippen LogP contribution in [0.25, 0.3) is 27.7 Å². The molecule has 4 rings (SSSR count). The summed E-state index contributed by atoms with van der Waals surface area (Å²) in [6, 6.07) is 22.2. The summed E-state index contributed by atoms with van der Waals surface area (Å²) in [6.45, 7) is 0. The number of nitrogens with zero attached hydrogens (tertiary/aromatic N) is 1. The zero-order chi connectivity index (χ0) is 16.7. The van der Waals surface area contributed by atoms with Crippen molar-refractivity contribution in [3.05, 3.63) is 87.4 Å². The van der Waals surface area contributed by atoms with Gasteiger partial charge in [0, 0.05) is 31.8 Å². The number of aromatic nitrogens is 1. The highest BCUT2D eigenvalue weighted by molar-refractivity contribution is 9.10. The van der Waals surface area contributed by atoms with Crippen molar-refractivity contribution < 1.29 is 0 Å². The molecule has 24 heavy (non-hydrogen) atoms. The Balaban J connectivity index is 1.90. The Labute approximate surface area is 158 Å². The maximum atomic E-state index is 6.01. The number of hydrogen-bond donors (Lipinski definition) is 0. The fraction of sp³-hybridized carbons (Fsp3) is 0. The van der Waals surface area contributed by atoms with Crippen LogP contribution >= 0.6 is 39.1 Å². The number of halogens is 3. The summed E-state index contributed by atoms with van der Waals surface area (Å²) in [5.41, 5.74) is 4.50. The van der Waals surface area contributed by atoms with Gasteiger partial charge in [-0.25, -0.2) is 0 Å². The summed E-state index contributed by atoms with van der Waals surface area (Å²) in [7, 11) is 0. The van der Waals surface area contributed by atoms with Gasteiger partial charge in [0.2, 0.25) is 0 Å². The van der Waals surface area contributed by atoms with E-state index in [1.165, 1.54) is 5.39 Å². The lowest BCUT2D eigenvalue weighted by Gasteiger charge is -2.08. The van der Waals surface area contributed by atoms with Crippen molar-refractivity contribution in [2.75, 3.05) is 0 Å². The molecular weight excluding hydrogens is 405 g/mol. The predicted octanol–water partition coefficient (Wildman–Crippen LogP) is 7.37. The molecule has 0 saturated carbocycles. The van der Waals surface area contributed by atoms with Crippen LogP contribution in [0.5, 0.6) is 0 Å². The standard InChI is InChI=1S/C20H12BrCl2N/c21-19-12-24(17-8-6-16(23)7-9-17)20-11-14(3-10-18(19)20)13-1-4-15(22)5-2-13/h1-12H. The van der Waals surface area contributed by atoms with Crippen molar-refractivity contribution in [2.24, 2.45) is 0 Å². The highest BCUT2D eigenvalue weighted by Gasteiger charge is 2.10. The van der Waals surface area contributed by atoms with Gasteiger partial charge in [0.15, 0.2) is 0 Å². The minimum atomic E-state index is 0.733. The Morgan fingerprint density at radius 3 is 1.96 bits per heavy atom. The lowest BCUT2D eigenvalue weighted by atomic mass is 10.0. The smallest absolute Gasteiger partial charge is 0.0546 e. The van der Waals surface area contributed by atoms with Crippen molar-refractivity contribution in [1.29, 1.82) is 0 Å². The van der Waals surface area contributed by atoms with Gasteiger partial charge in [-0.3, -0.25) is 0 Å². The van der Waals surface area contributed by atoms with Gasteiger partial charge in [-0.1, -0.05) is 47.5 Å². The van der Waals surface area contributed by atoms with E-state index in [2.05, 4.69) is 44.9 Å². The molecular formula is C20H12BrCl2N. The molecule has 4 aromatic rings. The number of fused-ring (bicyclic) bond motifs is 1. The monoisotopic (exact) mass is 415 g/mol. The molecule has 118 valence electrons. The molecule has 0 amide bonds. The Morgan fingerprint density at radius 1 is 0.708 bits per heavy atom. The predicted molar refractivity (Wildman–Crippen MR) is 106 cm³/mol. The second kappa shape index (κ2) is 6.29. The van der Waals surface area contributed by atoms with Crippen LogP contribution in [0.2, 0.25) is 10.0 Å². The maximum Gasteiger partial charge on any atom is 0.0546 e. The number of rotatable bonds is 2. The molecule has 0 bridgehead atoms. The third-order valence-corrected chi connectivity index (χ3v) is 5.18. The van der Waals surface area contributed by atoms with Crippen LogP contribution in [0.1, 0.15) is 0 Å². The van der Waals surface area contributed by atoms with Crippen molar-refractivity contribution in [1.82, 2.24) is 4.57 Å². The molecule has 0 radical (unpaired) electrons. The van der Waals surface area contributed by atoms with E-state index in [0.717, 1.165) is 36.8 Å². The SMILES string of the molecule is Clc1ccc(-c2ccc3c(Br)cn(-c4ccc(Cl)cc4)c3c2)cc1. The van der Waals surface area contributed by atoms with Gasteiger partial charge in [-0.05, 0) is 69.5 Å². The maximum absolute atomic E-state index is 6.01. The first kappa shape index (κ1) is 15.8. The van der Waals surface area contributed by atoms with E-state index in [-0.39, 0.29) is 0 Å². The topological polar surface area (TPSA) is 4.93 Å². The fourth-order valence-corrected chi connectivity index (χ4v) is 3.61. The Bertz CT molecular complexity index is 1020. The molecule has 0 fully saturated rings. The summed E-state index contributed by atoms with van der Waals surface area (Å²) >= 11 is 15.7. The van der Waals surface area contributed by atoms with Crippen LogP contribution in [0.3, 0.4) is 0 Å². The van der Waals surface area contributed by atoms with Gasteiger partial charge in [0.1, 0.15) is 0 Å². The molecule has 1 nitrogen and oxygen atoms in total. The minimum absolute atomic E-state index is 0.733. The van der Waals surface area contributed by atoms with Gasteiger partial charge in [-0.15, -0.1) is 0 Å². The van der Waals surface area contributed by atoms with Crippen LogP contribution in [0.4, 0.5) is 0 Å². The average molecular weight is 417 g/mol. The van der Waals surface area contributed by atoms with Crippen LogP contribution in [-0.4, -0.2) is 4.57 Å². The zero-order valence-electron chi connectivity index (χ0n) is 12.5. The van der Waals surface area contributed by atoms with Gasteiger partial charge in [0.05, 0.1) is 5.52 Å². The number of hydrogen-bond acceptors (Lipinski definition) is 0. The lowest BCUT2D eigenvalue weighted by Crippen LogP contribution is -1.91. The van der Waals surface area contributed by atoms with E-state index in [9.17, 15) is 0 Å². The van der Waals surface area contributed by atoms with Gasteiger partial charge < -0.3 is 4.57 Å². The summed E-state index contributed by atoms with van der Waals surface area (Å²) in [5, 5.41) is 2.64. The van der Waals surface area contributed by atoms with Crippen LogP contribution < -0.4 is 0 Å². The highest BCUT2D eigenvalue weighted by Crippen LogP contribution is 2.33. The second-order valence-electron chi connectivity index (χ2n) is 5.56. The van der Waals surface area contributed by atoms with Crippen LogP contribution in [0, 0.1) is 0 Å². The quantitative estimate of drug-likeness (QED) is 0.321. The molecule has 0 N–H and O–H groups in total. The molecule has 4 heteroatoms. The molecule has 1 heterocycles. The van der Waals surface area contributed by atoms with Gasteiger partial charge in [-0.2, -0.15) is 0 Å². The Kier molecular flexibility index (Phi) is 4.13. The van der Waals surface area contributed by atoms with E-state index in [4.69, 9.17) is 23.2 Å². The van der Waals surface area contributed by atoms with Crippen molar-refractivity contribution in [3.63, 3.8) is 0 Å². The molecule has 0 saturated heterocycles. The first-order valence-electron chi connectivity index (χ1n) is 7.44. The third kappa shape index (κ3) is 2.86. The van der Waals surface area contributed by atoms with Crippen LogP contribution in [0.15, 0.2) is 77.4 Å².